The Morgan fingerprint density at radius 3 is 2.62 bits per heavy atom. The van der Waals surface area contributed by atoms with Gasteiger partial charge in [-0.05, 0) is 51.5 Å². The first-order valence-electron chi connectivity index (χ1n) is 9.69. The molecule has 4 heteroatoms. The zero-order valence-electron chi connectivity index (χ0n) is 16.4. The maximum absolute atomic E-state index is 4.88. The highest BCUT2D eigenvalue weighted by Crippen LogP contribution is 2.31. The van der Waals surface area contributed by atoms with Crippen molar-refractivity contribution in [1.82, 2.24) is 14.4 Å². The fourth-order valence-electron chi connectivity index (χ4n) is 3.43. The molecule has 3 rings (SSSR count). The summed E-state index contributed by atoms with van der Waals surface area (Å²) in [6.07, 6.45) is 8.07. The minimum absolute atomic E-state index is 0.00445. The van der Waals surface area contributed by atoms with Crippen molar-refractivity contribution in [1.29, 1.82) is 0 Å². The lowest BCUT2D eigenvalue weighted by Gasteiger charge is -2.28. The van der Waals surface area contributed by atoms with Crippen LogP contribution in [0.25, 0.3) is 17.0 Å². The van der Waals surface area contributed by atoms with E-state index in [1.54, 1.807) is 0 Å². The van der Waals surface area contributed by atoms with Crippen LogP contribution in [0, 0.1) is 6.92 Å². The predicted octanol–water partition coefficient (Wildman–Crippen LogP) is 5.87. The van der Waals surface area contributed by atoms with Crippen molar-refractivity contribution in [3.05, 3.63) is 48.3 Å². The molecule has 0 aliphatic rings. The first-order chi connectivity index (χ1) is 12.5. The number of aromatic nitrogens is 3. The summed E-state index contributed by atoms with van der Waals surface area (Å²) in [5, 5.41) is 3.79. The topological polar surface area (TPSA) is 42.2 Å². The predicted molar refractivity (Wildman–Crippen MR) is 110 cm³/mol. The van der Waals surface area contributed by atoms with Crippen molar-refractivity contribution in [2.45, 2.75) is 65.3 Å². The molecule has 0 saturated carbocycles. The van der Waals surface area contributed by atoms with Crippen molar-refractivity contribution in [2.75, 3.05) is 5.32 Å². The lowest BCUT2D eigenvalue weighted by molar-refractivity contribution is 0.476. The maximum atomic E-state index is 4.88. The number of unbranched alkanes of at least 4 members (excludes halogenated alkanes) is 3. The van der Waals surface area contributed by atoms with Crippen LogP contribution in [0.2, 0.25) is 0 Å². The van der Waals surface area contributed by atoms with Gasteiger partial charge < -0.3 is 5.32 Å². The fraction of sp³-hybridized carbons (Fsp3) is 0.455. The number of fused-ring (bicyclic) bond motifs is 1. The molecule has 0 unspecified atom stereocenters. The SMILES string of the molecule is CCCCCCC(C)(C)Nc1c(-c2ccccn2)nc2cccc(C)n12. The van der Waals surface area contributed by atoms with Crippen LogP contribution in [-0.2, 0) is 0 Å². The maximum Gasteiger partial charge on any atom is 0.141 e. The summed E-state index contributed by atoms with van der Waals surface area (Å²) in [6, 6.07) is 12.2. The molecule has 0 aliphatic carbocycles. The van der Waals surface area contributed by atoms with Crippen molar-refractivity contribution in [3.63, 3.8) is 0 Å². The number of imidazole rings is 1. The molecule has 0 spiro atoms. The highest BCUT2D eigenvalue weighted by atomic mass is 15.2. The second-order valence-electron chi connectivity index (χ2n) is 7.70. The molecule has 3 heterocycles. The minimum atomic E-state index is -0.00445. The van der Waals surface area contributed by atoms with Gasteiger partial charge in [0, 0.05) is 17.4 Å². The van der Waals surface area contributed by atoms with Crippen molar-refractivity contribution in [3.8, 4) is 11.4 Å². The van der Waals surface area contributed by atoms with Gasteiger partial charge in [-0.1, -0.05) is 44.7 Å². The standard InChI is InChI=1S/C22H30N4/c1-5-6-7-9-15-22(3,4)25-21-20(18-13-8-10-16-23-18)24-19-14-11-12-17(2)26(19)21/h8,10-14,16,25H,5-7,9,15H2,1-4H3. The van der Waals surface area contributed by atoms with Gasteiger partial charge in [-0.2, -0.15) is 0 Å². The zero-order valence-corrected chi connectivity index (χ0v) is 16.4. The Morgan fingerprint density at radius 1 is 1.04 bits per heavy atom. The van der Waals surface area contributed by atoms with Crippen molar-refractivity contribution in [2.24, 2.45) is 0 Å². The fourth-order valence-corrected chi connectivity index (χ4v) is 3.43. The van der Waals surface area contributed by atoms with E-state index in [0.29, 0.717) is 0 Å². The lowest BCUT2D eigenvalue weighted by Crippen LogP contribution is -2.31. The van der Waals surface area contributed by atoms with E-state index >= 15 is 0 Å². The second kappa shape index (κ2) is 7.90. The molecule has 26 heavy (non-hydrogen) atoms. The molecule has 4 nitrogen and oxygen atoms in total. The summed E-state index contributed by atoms with van der Waals surface area (Å²) in [5.74, 6) is 1.04. The summed E-state index contributed by atoms with van der Waals surface area (Å²) >= 11 is 0. The van der Waals surface area contributed by atoms with Crippen LogP contribution < -0.4 is 5.32 Å². The molecule has 0 bridgehead atoms. The molecule has 0 radical (unpaired) electrons. The molecule has 3 aromatic rings. The Bertz CT molecular complexity index is 849. The van der Waals surface area contributed by atoms with Crippen LogP contribution in [0.3, 0.4) is 0 Å². The number of rotatable bonds is 8. The number of aryl methyl sites for hydroxylation is 1. The largest absolute Gasteiger partial charge is 0.364 e. The Hall–Kier alpha value is -2.36. The Morgan fingerprint density at radius 2 is 1.88 bits per heavy atom. The van der Waals surface area contributed by atoms with E-state index in [-0.39, 0.29) is 5.54 Å². The zero-order chi connectivity index (χ0) is 18.6. The first kappa shape index (κ1) is 18.4. The quantitative estimate of drug-likeness (QED) is 0.517. The monoisotopic (exact) mass is 350 g/mol. The van der Waals surface area contributed by atoms with Gasteiger partial charge in [0.2, 0.25) is 0 Å². The van der Waals surface area contributed by atoms with Gasteiger partial charge in [0.05, 0.1) is 5.69 Å². The van der Waals surface area contributed by atoms with E-state index in [2.05, 4.69) is 60.6 Å². The summed E-state index contributed by atoms with van der Waals surface area (Å²) in [6.45, 7) is 8.93. The molecule has 1 N–H and O–H groups in total. The van der Waals surface area contributed by atoms with E-state index in [1.807, 2.05) is 24.4 Å². The van der Waals surface area contributed by atoms with Crippen LogP contribution in [0.1, 0.15) is 58.6 Å². The molecule has 0 amide bonds. The van der Waals surface area contributed by atoms with Crippen LogP contribution in [0.5, 0.6) is 0 Å². The van der Waals surface area contributed by atoms with Gasteiger partial charge in [-0.3, -0.25) is 9.38 Å². The van der Waals surface area contributed by atoms with Gasteiger partial charge in [0.15, 0.2) is 0 Å². The van der Waals surface area contributed by atoms with E-state index < -0.39 is 0 Å². The molecule has 3 aromatic heterocycles. The smallest absolute Gasteiger partial charge is 0.141 e. The number of nitrogens with zero attached hydrogens (tertiary/aromatic N) is 3. The molecule has 0 fully saturated rings. The number of anilines is 1. The summed E-state index contributed by atoms with van der Waals surface area (Å²) in [4.78, 5) is 9.41. The number of pyridine rings is 2. The molecule has 0 saturated heterocycles. The molecular formula is C22H30N4. The van der Waals surface area contributed by atoms with Gasteiger partial charge in [0.1, 0.15) is 17.2 Å². The molecule has 138 valence electrons. The molecule has 0 aromatic carbocycles. The van der Waals surface area contributed by atoms with Crippen LogP contribution >= 0.6 is 0 Å². The van der Waals surface area contributed by atoms with E-state index in [9.17, 15) is 0 Å². The third kappa shape index (κ3) is 4.06. The summed E-state index contributed by atoms with van der Waals surface area (Å²) in [7, 11) is 0. The number of hydrogen-bond donors (Lipinski definition) is 1. The van der Waals surface area contributed by atoms with E-state index in [0.717, 1.165) is 29.3 Å². The third-order valence-corrected chi connectivity index (χ3v) is 4.86. The van der Waals surface area contributed by atoms with Crippen molar-refractivity contribution < 1.29 is 0 Å². The minimum Gasteiger partial charge on any atom is -0.364 e. The van der Waals surface area contributed by atoms with Gasteiger partial charge in [0.25, 0.3) is 0 Å². The average Bonchev–Trinajstić information content (AvgIpc) is 2.99. The number of nitrogens with one attached hydrogen (secondary N) is 1. The van der Waals surface area contributed by atoms with Crippen LogP contribution in [-0.4, -0.2) is 19.9 Å². The van der Waals surface area contributed by atoms with E-state index in [1.165, 1.54) is 31.4 Å². The van der Waals surface area contributed by atoms with Gasteiger partial charge >= 0.3 is 0 Å². The van der Waals surface area contributed by atoms with E-state index in [4.69, 9.17) is 4.98 Å². The number of hydrogen-bond acceptors (Lipinski definition) is 3. The Labute approximate surface area is 156 Å². The molecule has 0 atom stereocenters. The molecule has 0 aliphatic heterocycles. The van der Waals surface area contributed by atoms with Gasteiger partial charge in [-0.15, -0.1) is 0 Å². The van der Waals surface area contributed by atoms with Crippen LogP contribution in [0.15, 0.2) is 42.6 Å². The normalized spacial score (nSPS) is 11.8. The summed E-state index contributed by atoms with van der Waals surface area (Å²) in [5.41, 5.74) is 3.94. The third-order valence-electron chi connectivity index (χ3n) is 4.86. The summed E-state index contributed by atoms with van der Waals surface area (Å²) < 4.78 is 2.21. The van der Waals surface area contributed by atoms with Crippen molar-refractivity contribution >= 4 is 11.5 Å². The van der Waals surface area contributed by atoms with Crippen LogP contribution in [0.4, 0.5) is 5.82 Å². The highest BCUT2D eigenvalue weighted by Gasteiger charge is 2.23. The highest BCUT2D eigenvalue weighted by molar-refractivity contribution is 5.75. The molecular weight excluding hydrogens is 320 g/mol. The first-order valence-corrected chi connectivity index (χ1v) is 9.69. The second-order valence-corrected chi connectivity index (χ2v) is 7.70. The Kier molecular flexibility index (Phi) is 5.60. The average molecular weight is 351 g/mol. The Balaban J connectivity index is 1.98. The lowest BCUT2D eigenvalue weighted by atomic mass is 9.96. The van der Waals surface area contributed by atoms with Gasteiger partial charge in [-0.25, -0.2) is 4.98 Å².